The van der Waals surface area contributed by atoms with E-state index in [1.807, 2.05) is 4.90 Å². The van der Waals surface area contributed by atoms with Crippen molar-refractivity contribution in [3.05, 3.63) is 47.3 Å². The zero-order chi connectivity index (χ0) is 22.2. The molecule has 1 saturated heterocycles. The Morgan fingerprint density at radius 2 is 1.87 bits per heavy atom. The molecule has 1 atom stereocenters. The molecule has 8 heteroatoms. The molecular weight excluding hydrogens is 412 g/mol. The predicted molar refractivity (Wildman–Crippen MR) is 120 cm³/mol. The van der Waals surface area contributed by atoms with Crippen molar-refractivity contribution in [2.24, 2.45) is 0 Å². The summed E-state index contributed by atoms with van der Waals surface area (Å²) in [7, 11) is -3.20. The van der Waals surface area contributed by atoms with Gasteiger partial charge in [0.05, 0.1) is 16.3 Å². The maximum absolute atomic E-state index is 12.7. The number of amides is 2. The Kier molecular flexibility index (Phi) is 6.10. The zero-order valence-corrected chi connectivity index (χ0v) is 19.4. The van der Waals surface area contributed by atoms with Crippen molar-refractivity contribution in [2.75, 3.05) is 18.8 Å². The van der Waals surface area contributed by atoms with Crippen LogP contribution in [0.25, 0.3) is 0 Å². The molecule has 1 aliphatic carbocycles. The number of aromatic nitrogens is 2. The minimum atomic E-state index is -3.20. The van der Waals surface area contributed by atoms with Gasteiger partial charge < -0.3 is 10.2 Å². The number of nitrogens with zero attached hydrogens (tertiary/aromatic N) is 3. The molecule has 2 amide bonds. The van der Waals surface area contributed by atoms with Crippen molar-refractivity contribution < 1.29 is 13.2 Å². The maximum Gasteiger partial charge on any atom is 0.317 e. The Morgan fingerprint density at radius 1 is 1.16 bits per heavy atom. The van der Waals surface area contributed by atoms with Crippen LogP contribution in [-0.4, -0.2) is 48.0 Å². The molecule has 0 spiro atoms. The Balaban J connectivity index is 1.35. The molecule has 4 rings (SSSR count). The fourth-order valence-corrected chi connectivity index (χ4v) is 5.07. The van der Waals surface area contributed by atoms with Gasteiger partial charge in [0.1, 0.15) is 0 Å². The first kappa shape index (κ1) is 21.9. The number of nitrogens with one attached hydrogen (secondary N) is 1. The number of benzene rings is 1. The molecule has 2 aromatic rings. The molecule has 7 nitrogen and oxygen atoms in total. The number of hydrogen-bond donors (Lipinski definition) is 1. The monoisotopic (exact) mass is 444 g/mol. The molecular formula is C23H32N4O3S. The number of hydrogen-bond acceptors (Lipinski definition) is 4. The van der Waals surface area contributed by atoms with E-state index in [9.17, 15) is 13.2 Å². The predicted octanol–water partition coefficient (Wildman–Crippen LogP) is 3.83. The Morgan fingerprint density at radius 3 is 2.48 bits per heavy atom. The summed E-state index contributed by atoms with van der Waals surface area (Å²) in [5, 5.41) is 7.82. The summed E-state index contributed by atoms with van der Waals surface area (Å²) < 4.78 is 26.0. The van der Waals surface area contributed by atoms with Crippen molar-refractivity contribution in [3.63, 3.8) is 0 Å². The Labute approximate surface area is 184 Å². The van der Waals surface area contributed by atoms with Crippen LogP contribution in [0.1, 0.15) is 74.9 Å². The summed E-state index contributed by atoms with van der Waals surface area (Å²) in [5.74, 6) is 1.02. The minimum Gasteiger partial charge on any atom is -0.334 e. The van der Waals surface area contributed by atoms with Crippen LogP contribution in [0.5, 0.6) is 0 Å². The Bertz CT molecular complexity index is 1040. The Hall–Kier alpha value is -2.35. The van der Waals surface area contributed by atoms with Gasteiger partial charge in [-0.1, -0.05) is 19.1 Å². The fourth-order valence-electron chi connectivity index (χ4n) is 4.18. The third-order valence-electron chi connectivity index (χ3n) is 6.27. The maximum atomic E-state index is 12.7. The molecule has 0 bridgehead atoms. The van der Waals surface area contributed by atoms with Crippen LogP contribution < -0.4 is 5.32 Å². The van der Waals surface area contributed by atoms with E-state index in [2.05, 4.69) is 29.9 Å². The first-order valence-electron chi connectivity index (χ1n) is 11.2. The van der Waals surface area contributed by atoms with Crippen LogP contribution in [-0.2, 0) is 16.4 Å². The van der Waals surface area contributed by atoms with E-state index in [1.165, 1.54) is 24.2 Å². The highest BCUT2D eigenvalue weighted by molar-refractivity contribution is 7.91. The van der Waals surface area contributed by atoms with Crippen molar-refractivity contribution in [2.45, 2.75) is 69.4 Å². The number of likely N-dealkylation sites (tertiary alicyclic amines) is 1. The van der Waals surface area contributed by atoms with Gasteiger partial charge in [-0.3, -0.25) is 4.68 Å². The topological polar surface area (TPSA) is 84.3 Å². The van der Waals surface area contributed by atoms with E-state index in [4.69, 9.17) is 5.10 Å². The molecule has 1 aromatic carbocycles. The lowest BCUT2D eigenvalue weighted by Gasteiger charge is -2.19. The summed E-state index contributed by atoms with van der Waals surface area (Å²) >= 11 is 0. The van der Waals surface area contributed by atoms with Gasteiger partial charge in [-0.25, -0.2) is 13.2 Å². The molecule has 1 aromatic heterocycles. The van der Waals surface area contributed by atoms with Crippen LogP contribution in [0.4, 0.5) is 4.79 Å². The summed E-state index contributed by atoms with van der Waals surface area (Å²) in [6, 6.07) is 9.23. The largest absolute Gasteiger partial charge is 0.334 e. The van der Waals surface area contributed by atoms with Gasteiger partial charge in [-0.05, 0) is 56.9 Å². The number of carbonyl (C=O) groups is 1. The van der Waals surface area contributed by atoms with Crippen LogP contribution in [0.2, 0.25) is 0 Å². The lowest BCUT2D eigenvalue weighted by molar-refractivity contribution is 0.207. The highest BCUT2D eigenvalue weighted by Gasteiger charge is 2.33. The smallest absolute Gasteiger partial charge is 0.317 e. The second-order valence-electron chi connectivity index (χ2n) is 8.94. The van der Waals surface area contributed by atoms with Crippen LogP contribution in [0, 0.1) is 0 Å². The van der Waals surface area contributed by atoms with Crippen LogP contribution >= 0.6 is 0 Å². The molecule has 168 valence electrons. The van der Waals surface area contributed by atoms with Crippen molar-refractivity contribution in [3.8, 4) is 0 Å². The van der Waals surface area contributed by atoms with Crippen LogP contribution in [0.3, 0.4) is 0 Å². The van der Waals surface area contributed by atoms with Crippen molar-refractivity contribution in [1.82, 2.24) is 20.0 Å². The van der Waals surface area contributed by atoms with E-state index in [0.717, 1.165) is 18.5 Å². The van der Waals surface area contributed by atoms with Gasteiger partial charge in [-0.2, -0.15) is 5.10 Å². The normalized spacial score (nSPS) is 19.2. The molecule has 1 saturated carbocycles. The number of rotatable bonds is 7. The third kappa shape index (κ3) is 4.79. The lowest BCUT2D eigenvalue weighted by Crippen LogP contribution is -2.38. The highest BCUT2D eigenvalue weighted by Crippen LogP contribution is 2.41. The van der Waals surface area contributed by atoms with Crippen molar-refractivity contribution >= 4 is 15.9 Å². The average Bonchev–Trinajstić information content (AvgIpc) is 3.32. The van der Waals surface area contributed by atoms with Gasteiger partial charge in [0.15, 0.2) is 9.84 Å². The third-order valence-corrected chi connectivity index (χ3v) is 8.02. The number of sulfone groups is 1. The molecule has 0 radical (unpaired) electrons. The van der Waals surface area contributed by atoms with E-state index in [0.29, 0.717) is 35.9 Å². The van der Waals surface area contributed by atoms with Gasteiger partial charge >= 0.3 is 6.03 Å². The lowest BCUT2D eigenvalue weighted by atomic mass is 10.0. The van der Waals surface area contributed by atoms with Gasteiger partial charge in [-0.15, -0.1) is 0 Å². The summed E-state index contributed by atoms with van der Waals surface area (Å²) in [6.45, 7) is 7.75. The quantitative estimate of drug-likeness (QED) is 0.703. The zero-order valence-electron chi connectivity index (χ0n) is 18.5. The molecule has 1 N–H and O–H groups in total. The van der Waals surface area contributed by atoms with E-state index in [-0.39, 0.29) is 11.8 Å². The number of urea groups is 1. The van der Waals surface area contributed by atoms with Gasteiger partial charge in [0.2, 0.25) is 0 Å². The van der Waals surface area contributed by atoms with Crippen LogP contribution in [0.15, 0.2) is 35.2 Å². The molecule has 0 unspecified atom stereocenters. The molecule has 2 aliphatic rings. The second kappa shape index (κ2) is 8.65. The van der Waals surface area contributed by atoms with E-state index in [1.54, 1.807) is 31.2 Å². The standard InChI is InChI=1S/C23H32N4O3S/c1-4-31(29,30)20-9-5-17(6-10-20)14-24-23(28)26-12-11-19(15-26)22-13-21(18-7-8-18)25-27(22)16(2)3/h5-6,9-10,13,16,18-19H,4,7-8,11-12,14-15H2,1-3H3,(H,24,28)/t19-/m0/s1. The van der Waals surface area contributed by atoms with E-state index < -0.39 is 9.84 Å². The van der Waals surface area contributed by atoms with E-state index >= 15 is 0 Å². The SMILES string of the molecule is CCS(=O)(=O)c1ccc(CNC(=O)N2CC[C@H](c3cc(C4CC4)nn3C(C)C)C2)cc1. The van der Waals surface area contributed by atoms with Gasteiger partial charge in [0, 0.05) is 43.2 Å². The van der Waals surface area contributed by atoms with Crippen molar-refractivity contribution in [1.29, 1.82) is 0 Å². The molecule has 2 fully saturated rings. The summed E-state index contributed by atoms with van der Waals surface area (Å²) in [5.41, 5.74) is 3.34. The first-order chi connectivity index (χ1) is 14.8. The molecule has 31 heavy (non-hydrogen) atoms. The second-order valence-corrected chi connectivity index (χ2v) is 11.2. The summed E-state index contributed by atoms with van der Waals surface area (Å²) in [4.78, 5) is 14.9. The molecule has 1 aliphatic heterocycles. The average molecular weight is 445 g/mol. The highest BCUT2D eigenvalue weighted by atomic mass is 32.2. The minimum absolute atomic E-state index is 0.0780. The number of carbonyl (C=O) groups excluding carboxylic acids is 1. The fraction of sp³-hybridized carbons (Fsp3) is 0.565. The molecule has 2 heterocycles. The van der Waals surface area contributed by atoms with Gasteiger partial charge in [0.25, 0.3) is 0 Å². The first-order valence-corrected chi connectivity index (χ1v) is 12.9. The summed E-state index contributed by atoms with van der Waals surface area (Å²) in [6.07, 6.45) is 3.41.